The zero-order valence-corrected chi connectivity index (χ0v) is 20.5. The summed E-state index contributed by atoms with van der Waals surface area (Å²) in [5.74, 6) is -2.42. The van der Waals surface area contributed by atoms with E-state index in [2.05, 4.69) is 4.72 Å². The molecular weight excluding hydrogens is 522 g/mol. The molecule has 0 bridgehead atoms. The molecule has 0 aromatic heterocycles. The summed E-state index contributed by atoms with van der Waals surface area (Å²) in [5.41, 5.74) is 0.517. The summed E-state index contributed by atoms with van der Waals surface area (Å²) < 4.78 is 54.2. The molecule has 0 saturated heterocycles. The van der Waals surface area contributed by atoms with Gasteiger partial charge in [0.05, 0.1) is 14.7 Å². The number of nitrogens with one attached hydrogen (secondary N) is 1. The first-order valence-corrected chi connectivity index (χ1v) is 13.6. The fourth-order valence-corrected chi connectivity index (χ4v) is 6.07. The summed E-state index contributed by atoms with van der Waals surface area (Å²) in [6.07, 6.45) is 0. The predicted molar refractivity (Wildman–Crippen MR) is 133 cm³/mol. The molecule has 6 N–H and O–H groups in total. The quantitative estimate of drug-likeness (QED) is 0.191. The van der Waals surface area contributed by atoms with E-state index < -0.39 is 47.8 Å². The molecule has 0 heterocycles. The Kier molecular flexibility index (Phi) is 6.74. The molecule has 12 heteroatoms. The molecule has 0 radical (unpaired) electrons. The van der Waals surface area contributed by atoms with E-state index >= 15 is 0 Å². The maximum absolute atomic E-state index is 13.1. The fraction of sp³-hybridized carbons (Fsp3) is 0.0400. The van der Waals surface area contributed by atoms with Crippen molar-refractivity contribution in [2.75, 3.05) is 0 Å². The molecule has 4 aromatic carbocycles. The van der Waals surface area contributed by atoms with Crippen molar-refractivity contribution in [1.82, 2.24) is 4.72 Å². The third kappa shape index (κ3) is 5.31. The Morgan fingerprint density at radius 2 is 1.27 bits per heavy atom. The highest BCUT2D eigenvalue weighted by molar-refractivity contribution is 7.91. The van der Waals surface area contributed by atoms with E-state index in [1.807, 2.05) is 0 Å². The zero-order valence-electron chi connectivity index (χ0n) is 18.9. The van der Waals surface area contributed by atoms with Gasteiger partial charge in [0, 0.05) is 18.2 Å². The zero-order chi connectivity index (χ0) is 27.0. The van der Waals surface area contributed by atoms with E-state index in [1.165, 1.54) is 48.5 Å². The number of benzene rings is 4. The third-order valence-corrected chi connectivity index (χ3v) is 8.69. The van der Waals surface area contributed by atoms with Crippen molar-refractivity contribution < 1.29 is 42.4 Å². The predicted octanol–water partition coefficient (Wildman–Crippen LogP) is 3.19. The molecule has 0 aliphatic carbocycles. The second-order valence-corrected chi connectivity index (χ2v) is 11.7. The van der Waals surface area contributed by atoms with E-state index in [4.69, 9.17) is 0 Å². The molecular formula is C25H21NO9S2. The molecule has 0 fully saturated rings. The van der Waals surface area contributed by atoms with Crippen molar-refractivity contribution in [3.8, 4) is 39.9 Å². The molecule has 4 rings (SSSR count). The number of phenolic OH excluding ortho intramolecular Hbond substituents is 5. The van der Waals surface area contributed by atoms with Crippen molar-refractivity contribution in [3.05, 3.63) is 84.4 Å². The molecule has 0 aliphatic heterocycles. The maximum Gasteiger partial charge on any atom is 0.241 e. The summed E-state index contributed by atoms with van der Waals surface area (Å²) in [6, 6.07) is 16.1. The Balaban J connectivity index is 1.60. The van der Waals surface area contributed by atoms with Gasteiger partial charge in [-0.1, -0.05) is 24.3 Å². The Morgan fingerprint density at radius 3 is 1.92 bits per heavy atom. The van der Waals surface area contributed by atoms with Crippen LogP contribution in [-0.4, -0.2) is 42.4 Å². The molecule has 10 nitrogen and oxygen atoms in total. The van der Waals surface area contributed by atoms with Crippen LogP contribution in [0.1, 0.15) is 5.56 Å². The van der Waals surface area contributed by atoms with E-state index in [9.17, 15) is 42.4 Å². The number of hydrogen-bond acceptors (Lipinski definition) is 9. The Bertz CT molecular complexity index is 1700. The van der Waals surface area contributed by atoms with E-state index in [0.717, 1.165) is 30.3 Å². The molecule has 4 aromatic rings. The van der Waals surface area contributed by atoms with Gasteiger partial charge in [-0.3, -0.25) is 0 Å². The molecule has 0 aliphatic rings. The number of sulfonamides is 1. The highest BCUT2D eigenvalue weighted by Crippen LogP contribution is 2.39. The minimum atomic E-state index is -4.30. The smallest absolute Gasteiger partial charge is 0.241 e. The lowest BCUT2D eigenvalue weighted by Gasteiger charge is -2.14. The summed E-state index contributed by atoms with van der Waals surface area (Å²) >= 11 is 0. The summed E-state index contributed by atoms with van der Waals surface area (Å²) in [6.45, 7) is -0.239. The summed E-state index contributed by atoms with van der Waals surface area (Å²) in [4.78, 5) is -0.556. The minimum Gasteiger partial charge on any atom is -0.508 e. The molecule has 37 heavy (non-hydrogen) atoms. The largest absolute Gasteiger partial charge is 0.508 e. The van der Waals surface area contributed by atoms with Crippen molar-refractivity contribution in [2.24, 2.45) is 0 Å². The van der Waals surface area contributed by atoms with Crippen LogP contribution < -0.4 is 4.72 Å². The molecule has 0 spiro atoms. The fourth-order valence-electron chi connectivity index (χ4n) is 3.53. The summed E-state index contributed by atoms with van der Waals surface area (Å²) in [5, 5.41) is 48.8. The highest BCUT2D eigenvalue weighted by Gasteiger charge is 2.23. The van der Waals surface area contributed by atoms with Gasteiger partial charge in [0.15, 0.2) is 23.0 Å². The van der Waals surface area contributed by atoms with Crippen molar-refractivity contribution in [3.63, 3.8) is 0 Å². The van der Waals surface area contributed by atoms with Gasteiger partial charge in [0.1, 0.15) is 5.75 Å². The summed E-state index contributed by atoms with van der Waals surface area (Å²) in [7, 11) is -8.20. The van der Waals surface area contributed by atoms with Crippen LogP contribution in [0.3, 0.4) is 0 Å². The SMILES string of the molecule is O=S(=O)(NCc1ccc(S(=O)(=O)c2cccc(O)c2)cc1)c1cc(O)c(O)cc1-c1ccc(O)c(O)c1. The lowest BCUT2D eigenvalue weighted by Crippen LogP contribution is -2.24. The Morgan fingerprint density at radius 1 is 0.622 bits per heavy atom. The molecule has 0 saturated carbocycles. The third-order valence-electron chi connectivity index (χ3n) is 5.48. The maximum atomic E-state index is 13.1. The highest BCUT2D eigenvalue weighted by atomic mass is 32.2. The lowest BCUT2D eigenvalue weighted by molar-refractivity contribution is 0.402. The van der Waals surface area contributed by atoms with Crippen molar-refractivity contribution in [1.29, 1.82) is 0 Å². The number of hydrogen-bond donors (Lipinski definition) is 6. The van der Waals surface area contributed by atoms with Gasteiger partial charge in [-0.2, -0.15) is 0 Å². The van der Waals surface area contributed by atoms with E-state index in [-0.39, 0.29) is 33.2 Å². The molecule has 0 amide bonds. The van der Waals surface area contributed by atoms with Crippen LogP contribution in [0.25, 0.3) is 11.1 Å². The molecule has 192 valence electrons. The Labute approximate surface area is 212 Å². The first-order chi connectivity index (χ1) is 17.4. The van der Waals surface area contributed by atoms with Gasteiger partial charge in [0.2, 0.25) is 19.9 Å². The molecule has 0 unspecified atom stereocenters. The van der Waals surface area contributed by atoms with E-state index in [0.29, 0.717) is 5.56 Å². The first kappa shape index (κ1) is 25.8. The van der Waals surface area contributed by atoms with Crippen LogP contribution in [0, 0.1) is 0 Å². The van der Waals surface area contributed by atoms with Crippen molar-refractivity contribution >= 4 is 19.9 Å². The van der Waals surface area contributed by atoms with E-state index in [1.54, 1.807) is 0 Å². The van der Waals surface area contributed by atoms with Crippen LogP contribution in [-0.2, 0) is 26.4 Å². The second kappa shape index (κ2) is 9.65. The van der Waals surface area contributed by atoms with Gasteiger partial charge >= 0.3 is 0 Å². The van der Waals surface area contributed by atoms with Crippen LogP contribution in [0.5, 0.6) is 28.7 Å². The number of phenols is 5. The van der Waals surface area contributed by atoms with Crippen LogP contribution in [0.15, 0.2) is 93.5 Å². The van der Waals surface area contributed by atoms with Gasteiger partial charge in [0.25, 0.3) is 0 Å². The van der Waals surface area contributed by atoms with Crippen LogP contribution in [0.2, 0.25) is 0 Å². The van der Waals surface area contributed by atoms with Gasteiger partial charge in [-0.15, -0.1) is 0 Å². The van der Waals surface area contributed by atoms with Crippen LogP contribution in [0.4, 0.5) is 0 Å². The van der Waals surface area contributed by atoms with Crippen LogP contribution >= 0.6 is 0 Å². The first-order valence-electron chi connectivity index (χ1n) is 10.6. The standard InChI is InChI=1S/C25H21NO9S2/c27-17-2-1-3-19(11-17)36(32,33)18-7-4-15(5-8-18)14-26-37(34,35)25-13-24(31)23(30)12-20(25)16-6-9-21(28)22(29)10-16/h1-13,26-31H,14H2. The molecule has 0 atom stereocenters. The average molecular weight is 544 g/mol. The second-order valence-electron chi connectivity index (χ2n) is 8.01. The van der Waals surface area contributed by atoms with Gasteiger partial charge < -0.3 is 25.5 Å². The normalized spacial score (nSPS) is 11.9. The minimum absolute atomic E-state index is 0.0503. The average Bonchev–Trinajstić information content (AvgIpc) is 2.86. The van der Waals surface area contributed by atoms with Gasteiger partial charge in [-0.25, -0.2) is 21.6 Å². The Hall–Kier alpha value is -4.26. The lowest BCUT2D eigenvalue weighted by atomic mass is 10.0. The van der Waals surface area contributed by atoms with Crippen molar-refractivity contribution in [2.45, 2.75) is 21.2 Å². The number of aromatic hydroxyl groups is 5. The van der Waals surface area contributed by atoms with Gasteiger partial charge in [-0.05, 0) is 59.7 Å². The monoisotopic (exact) mass is 543 g/mol. The number of rotatable bonds is 7. The number of sulfone groups is 1. The topological polar surface area (TPSA) is 181 Å².